The van der Waals surface area contributed by atoms with Gasteiger partial charge in [-0.25, -0.2) is 0 Å². The molecule has 0 saturated carbocycles. The van der Waals surface area contributed by atoms with Gasteiger partial charge in [0.25, 0.3) is 5.91 Å². The molecule has 110 valence electrons. The van der Waals surface area contributed by atoms with Crippen LogP contribution in [0.1, 0.15) is 30.1 Å². The minimum atomic E-state index is -0.423. The fourth-order valence-corrected chi connectivity index (χ4v) is 2.68. The van der Waals surface area contributed by atoms with Gasteiger partial charge in [0.1, 0.15) is 0 Å². The molecule has 0 atom stereocenters. The second-order valence-corrected chi connectivity index (χ2v) is 5.43. The molecule has 0 spiro atoms. The maximum Gasteiger partial charge on any atom is 0.250 e. The fraction of sp³-hybridized carbons (Fsp3) is 0.533. The molecule has 1 saturated heterocycles. The number of carbonyl (C=O) groups excluding carboxylic acids is 1. The number of nitrogen functional groups attached to an aromatic ring is 1. The average Bonchev–Trinajstić information content (AvgIpc) is 2.45. The predicted molar refractivity (Wildman–Crippen MR) is 82.7 cm³/mol. The number of nitrogens with zero attached hydrogens (tertiary/aromatic N) is 1. The van der Waals surface area contributed by atoms with Crippen molar-refractivity contribution in [2.75, 3.05) is 37.2 Å². The molecule has 5 nitrogen and oxygen atoms in total. The number of benzene rings is 1. The summed E-state index contributed by atoms with van der Waals surface area (Å²) in [6, 6.07) is 5.16. The van der Waals surface area contributed by atoms with Crippen LogP contribution in [0.5, 0.6) is 0 Å². The third kappa shape index (κ3) is 3.63. The number of hydrogen-bond acceptors (Lipinski definition) is 4. The molecule has 1 aliphatic rings. The van der Waals surface area contributed by atoms with Gasteiger partial charge in [0, 0.05) is 17.9 Å². The van der Waals surface area contributed by atoms with Crippen LogP contribution in [0.3, 0.4) is 0 Å². The topological polar surface area (TPSA) is 84.4 Å². The molecule has 0 bridgehead atoms. The lowest BCUT2D eigenvalue weighted by Crippen LogP contribution is -2.35. The van der Waals surface area contributed by atoms with Crippen LogP contribution in [0.2, 0.25) is 0 Å². The Labute approximate surface area is 120 Å². The smallest absolute Gasteiger partial charge is 0.250 e. The fourth-order valence-electron chi connectivity index (χ4n) is 2.68. The third-order valence-electron chi connectivity index (χ3n) is 4.04. The zero-order chi connectivity index (χ0) is 14.5. The molecular formula is C15H24N4O. The van der Waals surface area contributed by atoms with E-state index in [2.05, 4.69) is 17.1 Å². The SMILES string of the molecule is CCN1CCC(CNc2cc(N)ccc2C(N)=O)CC1. The molecular weight excluding hydrogens is 252 g/mol. The Kier molecular flexibility index (Phi) is 4.84. The number of hydrogen-bond donors (Lipinski definition) is 3. The number of piperidine rings is 1. The lowest BCUT2D eigenvalue weighted by Gasteiger charge is -2.31. The van der Waals surface area contributed by atoms with Gasteiger partial charge in [0.15, 0.2) is 0 Å². The van der Waals surface area contributed by atoms with Gasteiger partial charge in [-0.15, -0.1) is 0 Å². The summed E-state index contributed by atoms with van der Waals surface area (Å²) in [4.78, 5) is 13.9. The van der Waals surface area contributed by atoms with E-state index in [-0.39, 0.29) is 0 Å². The van der Waals surface area contributed by atoms with Gasteiger partial charge in [0.05, 0.1) is 5.56 Å². The van der Waals surface area contributed by atoms with E-state index < -0.39 is 5.91 Å². The summed E-state index contributed by atoms with van der Waals surface area (Å²) < 4.78 is 0. The maximum absolute atomic E-state index is 11.4. The molecule has 0 radical (unpaired) electrons. The second kappa shape index (κ2) is 6.61. The zero-order valence-corrected chi connectivity index (χ0v) is 12.1. The van der Waals surface area contributed by atoms with E-state index in [1.807, 2.05) is 0 Å². The Bertz CT molecular complexity index is 467. The first-order valence-corrected chi connectivity index (χ1v) is 7.25. The van der Waals surface area contributed by atoms with Crippen LogP contribution in [0.15, 0.2) is 18.2 Å². The maximum atomic E-state index is 11.4. The van der Waals surface area contributed by atoms with Crippen molar-refractivity contribution in [3.63, 3.8) is 0 Å². The molecule has 5 N–H and O–H groups in total. The van der Waals surface area contributed by atoms with Crippen molar-refractivity contribution in [2.24, 2.45) is 11.7 Å². The summed E-state index contributed by atoms with van der Waals surface area (Å²) in [5.74, 6) is 0.216. The van der Waals surface area contributed by atoms with Gasteiger partial charge in [-0.2, -0.15) is 0 Å². The highest BCUT2D eigenvalue weighted by atomic mass is 16.1. The van der Waals surface area contributed by atoms with Crippen molar-refractivity contribution in [3.8, 4) is 0 Å². The van der Waals surface area contributed by atoms with Crippen molar-refractivity contribution in [1.29, 1.82) is 0 Å². The molecule has 0 unspecified atom stereocenters. The number of rotatable bonds is 5. The van der Waals surface area contributed by atoms with Crippen LogP contribution in [0.4, 0.5) is 11.4 Å². The molecule has 0 aliphatic carbocycles. The molecule has 1 aliphatic heterocycles. The summed E-state index contributed by atoms with van der Waals surface area (Å²) >= 11 is 0. The van der Waals surface area contributed by atoms with Crippen LogP contribution in [0, 0.1) is 5.92 Å². The lowest BCUT2D eigenvalue weighted by molar-refractivity contribution is 0.100. The van der Waals surface area contributed by atoms with E-state index in [1.54, 1.807) is 18.2 Å². The highest BCUT2D eigenvalue weighted by Crippen LogP contribution is 2.22. The molecule has 0 aromatic heterocycles. The molecule has 1 aromatic carbocycles. The van der Waals surface area contributed by atoms with E-state index in [9.17, 15) is 4.79 Å². The van der Waals surface area contributed by atoms with Crippen molar-refractivity contribution < 1.29 is 4.79 Å². The summed E-state index contributed by atoms with van der Waals surface area (Å²) in [5.41, 5.74) is 13.0. The molecule has 1 amide bonds. The quantitative estimate of drug-likeness (QED) is 0.712. The van der Waals surface area contributed by atoms with E-state index >= 15 is 0 Å². The van der Waals surface area contributed by atoms with Crippen molar-refractivity contribution in [3.05, 3.63) is 23.8 Å². The summed E-state index contributed by atoms with van der Waals surface area (Å²) in [7, 11) is 0. The summed E-state index contributed by atoms with van der Waals surface area (Å²) in [5, 5.41) is 3.34. The molecule has 2 rings (SSSR count). The van der Waals surface area contributed by atoms with Crippen LogP contribution < -0.4 is 16.8 Å². The number of nitrogens with one attached hydrogen (secondary N) is 1. The molecule has 1 aromatic rings. The molecule has 1 heterocycles. The third-order valence-corrected chi connectivity index (χ3v) is 4.04. The highest BCUT2D eigenvalue weighted by molar-refractivity contribution is 5.99. The average molecular weight is 276 g/mol. The monoisotopic (exact) mass is 276 g/mol. The number of carbonyl (C=O) groups is 1. The van der Waals surface area contributed by atoms with E-state index in [4.69, 9.17) is 11.5 Å². The Balaban J connectivity index is 1.94. The Morgan fingerprint density at radius 1 is 1.40 bits per heavy atom. The number of anilines is 2. The van der Waals surface area contributed by atoms with Crippen LogP contribution in [-0.4, -0.2) is 37.0 Å². The number of likely N-dealkylation sites (tertiary alicyclic amines) is 1. The van der Waals surface area contributed by atoms with E-state index in [0.29, 0.717) is 17.2 Å². The predicted octanol–water partition coefficient (Wildman–Crippen LogP) is 1.51. The van der Waals surface area contributed by atoms with Gasteiger partial charge >= 0.3 is 0 Å². The van der Waals surface area contributed by atoms with E-state index in [0.717, 1.165) is 31.9 Å². The largest absolute Gasteiger partial charge is 0.399 e. The van der Waals surface area contributed by atoms with Gasteiger partial charge < -0.3 is 21.7 Å². The molecule has 1 fully saturated rings. The summed E-state index contributed by atoms with van der Waals surface area (Å²) in [6.07, 6.45) is 2.38. The van der Waals surface area contributed by atoms with Gasteiger partial charge in [-0.05, 0) is 56.6 Å². The normalized spacial score (nSPS) is 17.1. The number of primary amides is 1. The van der Waals surface area contributed by atoms with Crippen LogP contribution in [-0.2, 0) is 0 Å². The Hall–Kier alpha value is -1.75. The van der Waals surface area contributed by atoms with Gasteiger partial charge in [-0.1, -0.05) is 6.92 Å². The second-order valence-electron chi connectivity index (χ2n) is 5.43. The van der Waals surface area contributed by atoms with E-state index in [1.165, 1.54) is 12.8 Å². The number of nitrogens with two attached hydrogens (primary N) is 2. The first-order valence-electron chi connectivity index (χ1n) is 7.25. The van der Waals surface area contributed by atoms with Gasteiger partial charge in [-0.3, -0.25) is 4.79 Å². The first-order chi connectivity index (χ1) is 9.60. The lowest BCUT2D eigenvalue weighted by atomic mass is 9.96. The van der Waals surface area contributed by atoms with Crippen molar-refractivity contribution >= 4 is 17.3 Å². The first kappa shape index (κ1) is 14.7. The van der Waals surface area contributed by atoms with Crippen LogP contribution >= 0.6 is 0 Å². The molecule has 20 heavy (non-hydrogen) atoms. The molecule has 5 heteroatoms. The summed E-state index contributed by atoms with van der Waals surface area (Å²) in [6.45, 7) is 6.50. The Morgan fingerprint density at radius 2 is 2.10 bits per heavy atom. The zero-order valence-electron chi connectivity index (χ0n) is 12.1. The highest BCUT2D eigenvalue weighted by Gasteiger charge is 2.18. The van der Waals surface area contributed by atoms with Crippen LogP contribution in [0.25, 0.3) is 0 Å². The van der Waals surface area contributed by atoms with Crippen molar-refractivity contribution in [2.45, 2.75) is 19.8 Å². The number of amides is 1. The van der Waals surface area contributed by atoms with Crippen molar-refractivity contribution in [1.82, 2.24) is 4.90 Å². The minimum absolute atomic E-state index is 0.423. The Morgan fingerprint density at radius 3 is 2.70 bits per heavy atom. The standard InChI is InChI=1S/C15H24N4O/c1-2-19-7-5-11(6-8-19)10-18-14-9-12(16)3-4-13(14)15(17)20/h3-4,9,11,18H,2,5-8,10,16H2,1H3,(H2,17,20). The minimum Gasteiger partial charge on any atom is -0.399 e. The van der Waals surface area contributed by atoms with Gasteiger partial charge in [0.2, 0.25) is 0 Å².